The monoisotopic (exact) mass is 275 g/mol. The van der Waals surface area contributed by atoms with Crippen LogP contribution in [0.1, 0.15) is 32.3 Å². The average molecular weight is 275 g/mol. The average Bonchev–Trinajstić information content (AvgIpc) is 3.17. The summed E-state index contributed by atoms with van der Waals surface area (Å²) in [5.74, 6) is 0.628. The Balaban J connectivity index is 1.95. The molecule has 0 bridgehead atoms. The van der Waals surface area contributed by atoms with Crippen molar-refractivity contribution >= 4 is 17.3 Å². The molecule has 1 aromatic carbocycles. The summed E-state index contributed by atoms with van der Waals surface area (Å²) >= 11 is 0. The van der Waals surface area contributed by atoms with E-state index in [-0.39, 0.29) is 5.91 Å². The molecule has 1 saturated carbocycles. The highest BCUT2D eigenvalue weighted by Gasteiger charge is 2.30. The van der Waals surface area contributed by atoms with Crippen molar-refractivity contribution < 1.29 is 4.79 Å². The summed E-state index contributed by atoms with van der Waals surface area (Å²) in [6, 6.07) is 6.21. The van der Waals surface area contributed by atoms with E-state index in [1.54, 1.807) is 0 Å². The van der Waals surface area contributed by atoms with Gasteiger partial charge in [-0.15, -0.1) is 0 Å². The lowest BCUT2D eigenvalue weighted by Crippen LogP contribution is -2.37. The molecule has 2 rings (SSSR count). The van der Waals surface area contributed by atoms with Gasteiger partial charge in [0.15, 0.2) is 0 Å². The van der Waals surface area contributed by atoms with E-state index in [0.29, 0.717) is 24.2 Å². The van der Waals surface area contributed by atoms with E-state index in [4.69, 9.17) is 5.73 Å². The van der Waals surface area contributed by atoms with Crippen LogP contribution in [0.4, 0.5) is 11.4 Å². The molecule has 0 radical (unpaired) electrons. The normalized spacial score (nSPS) is 14.8. The van der Waals surface area contributed by atoms with Crippen LogP contribution in [-0.4, -0.2) is 29.9 Å². The van der Waals surface area contributed by atoms with Crippen LogP contribution in [0, 0.1) is 12.8 Å². The first-order valence-corrected chi connectivity index (χ1v) is 7.36. The number of nitrogen functional groups attached to an aromatic ring is 1. The number of amides is 1. The van der Waals surface area contributed by atoms with Crippen LogP contribution in [0.2, 0.25) is 0 Å². The Morgan fingerprint density at radius 3 is 2.75 bits per heavy atom. The van der Waals surface area contributed by atoms with E-state index in [1.165, 1.54) is 12.8 Å². The van der Waals surface area contributed by atoms with Crippen LogP contribution >= 0.6 is 0 Å². The van der Waals surface area contributed by atoms with Gasteiger partial charge in [-0.2, -0.15) is 0 Å². The lowest BCUT2D eigenvalue weighted by molar-refractivity contribution is -0.117. The summed E-state index contributed by atoms with van der Waals surface area (Å²) < 4.78 is 0. The van der Waals surface area contributed by atoms with E-state index >= 15 is 0 Å². The third kappa shape index (κ3) is 3.97. The maximum absolute atomic E-state index is 12.2. The van der Waals surface area contributed by atoms with E-state index in [9.17, 15) is 4.79 Å². The summed E-state index contributed by atoms with van der Waals surface area (Å²) in [4.78, 5) is 14.5. The van der Waals surface area contributed by atoms with Gasteiger partial charge in [-0.3, -0.25) is 9.69 Å². The predicted molar refractivity (Wildman–Crippen MR) is 83.7 cm³/mol. The van der Waals surface area contributed by atoms with Crippen LogP contribution in [-0.2, 0) is 4.79 Å². The number of carbonyl (C=O) groups excluding carboxylic acids is 1. The Morgan fingerprint density at radius 1 is 1.45 bits per heavy atom. The number of nitrogens with one attached hydrogen (secondary N) is 1. The lowest BCUT2D eigenvalue weighted by atomic mass is 10.1. The maximum Gasteiger partial charge on any atom is 0.238 e. The topological polar surface area (TPSA) is 58.4 Å². The minimum absolute atomic E-state index is 0.0475. The number of nitrogens with zero attached hydrogens (tertiary/aromatic N) is 1. The summed E-state index contributed by atoms with van der Waals surface area (Å²) in [6.45, 7) is 7.76. The van der Waals surface area contributed by atoms with Gasteiger partial charge in [0.1, 0.15) is 0 Å². The van der Waals surface area contributed by atoms with Crippen LogP contribution in [0.5, 0.6) is 0 Å². The van der Waals surface area contributed by atoms with Crippen molar-refractivity contribution in [3.05, 3.63) is 23.8 Å². The van der Waals surface area contributed by atoms with Gasteiger partial charge >= 0.3 is 0 Å². The second-order valence-corrected chi connectivity index (χ2v) is 6.12. The zero-order valence-corrected chi connectivity index (χ0v) is 12.6. The molecule has 0 spiro atoms. The Bertz CT molecular complexity index is 481. The van der Waals surface area contributed by atoms with Gasteiger partial charge in [-0.1, -0.05) is 19.9 Å². The molecule has 4 nitrogen and oxygen atoms in total. The van der Waals surface area contributed by atoms with E-state index in [0.717, 1.165) is 17.8 Å². The number of hydrogen-bond donors (Lipinski definition) is 2. The molecule has 3 N–H and O–H groups in total. The zero-order chi connectivity index (χ0) is 14.7. The minimum atomic E-state index is 0.0475. The number of anilines is 2. The second-order valence-electron chi connectivity index (χ2n) is 6.12. The Morgan fingerprint density at radius 2 is 2.15 bits per heavy atom. The molecule has 0 saturated heterocycles. The Labute approximate surface area is 121 Å². The van der Waals surface area contributed by atoms with Crippen LogP contribution in [0.25, 0.3) is 0 Å². The van der Waals surface area contributed by atoms with Gasteiger partial charge in [-0.25, -0.2) is 0 Å². The summed E-state index contributed by atoms with van der Waals surface area (Å²) in [5, 5.41) is 2.98. The van der Waals surface area contributed by atoms with Gasteiger partial charge in [0.25, 0.3) is 0 Å². The number of hydrogen-bond acceptors (Lipinski definition) is 3. The molecular weight excluding hydrogens is 250 g/mol. The highest BCUT2D eigenvalue weighted by Crippen LogP contribution is 2.27. The molecule has 0 unspecified atom stereocenters. The SMILES string of the molecule is Cc1c(N)cccc1NC(=O)CN(CC(C)C)C1CC1. The summed E-state index contributed by atoms with van der Waals surface area (Å²) in [7, 11) is 0. The molecule has 0 aromatic heterocycles. The molecule has 110 valence electrons. The van der Waals surface area contributed by atoms with Gasteiger partial charge in [0.2, 0.25) is 5.91 Å². The molecule has 1 aromatic rings. The molecule has 0 heterocycles. The van der Waals surface area contributed by atoms with Crippen LogP contribution in [0.3, 0.4) is 0 Å². The van der Waals surface area contributed by atoms with Gasteiger partial charge in [0.05, 0.1) is 6.54 Å². The van der Waals surface area contributed by atoms with Crippen LogP contribution in [0.15, 0.2) is 18.2 Å². The van der Waals surface area contributed by atoms with Crippen molar-refractivity contribution in [3.63, 3.8) is 0 Å². The van der Waals surface area contributed by atoms with Crippen molar-refractivity contribution in [2.75, 3.05) is 24.1 Å². The maximum atomic E-state index is 12.2. The lowest BCUT2D eigenvalue weighted by Gasteiger charge is -2.23. The van der Waals surface area contributed by atoms with E-state index < -0.39 is 0 Å². The van der Waals surface area contributed by atoms with Crippen LogP contribution < -0.4 is 11.1 Å². The molecule has 1 aliphatic carbocycles. The first kappa shape index (κ1) is 14.9. The Hall–Kier alpha value is -1.55. The summed E-state index contributed by atoms with van der Waals surface area (Å²) in [6.07, 6.45) is 2.44. The molecular formula is C16H25N3O. The highest BCUT2D eigenvalue weighted by molar-refractivity contribution is 5.93. The molecule has 4 heteroatoms. The number of nitrogens with two attached hydrogens (primary N) is 1. The van der Waals surface area contributed by atoms with Gasteiger partial charge in [-0.05, 0) is 43.4 Å². The predicted octanol–water partition coefficient (Wildman–Crippen LogP) is 2.64. The quantitative estimate of drug-likeness (QED) is 0.785. The molecule has 1 amide bonds. The fourth-order valence-electron chi connectivity index (χ4n) is 2.41. The van der Waals surface area contributed by atoms with Crippen molar-refractivity contribution in [2.45, 2.75) is 39.7 Å². The third-order valence-electron chi connectivity index (χ3n) is 3.66. The first-order chi connectivity index (χ1) is 9.47. The molecule has 20 heavy (non-hydrogen) atoms. The standard InChI is InChI=1S/C16H25N3O/c1-11(2)9-19(13-7-8-13)10-16(20)18-15-6-4-5-14(17)12(15)3/h4-6,11,13H,7-10,17H2,1-3H3,(H,18,20). The fraction of sp³-hybridized carbons (Fsp3) is 0.562. The molecule has 0 aliphatic heterocycles. The number of carbonyl (C=O) groups is 1. The first-order valence-electron chi connectivity index (χ1n) is 7.36. The second kappa shape index (κ2) is 6.27. The van der Waals surface area contributed by atoms with Gasteiger partial charge < -0.3 is 11.1 Å². The van der Waals surface area contributed by atoms with Crippen molar-refractivity contribution in [3.8, 4) is 0 Å². The number of rotatable bonds is 6. The molecule has 0 atom stereocenters. The minimum Gasteiger partial charge on any atom is -0.398 e. The van der Waals surface area contributed by atoms with E-state index in [1.807, 2.05) is 25.1 Å². The van der Waals surface area contributed by atoms with Crippen molar-refractivity contribution in [1.82, 2.24) is 4.90 Å². The number of benzene rings is 1. The Kier molecular flexibility index (Phi) is 4.65. The zero-order valence-electron chi connectivity index (χ0n) is 12.6. The van der Waals surface area contributed by atoms with Gasteiger partial charge in [0, 0.05) is 24.0 Å². The van der Waals surface area contributed by atoms with Crippen molar-refractivity contribution in [2.24, 2.45) is 5.92 Å². The van der Waals surface area contributed by atoms with E-state index in [2.05, 4.69) is 24.1 Å². The largest absolute Gasteiger partial charge is 0.398 e. The fourth-order valence-corrected chi connectivity index (χ4v) is 2.41. The smallest absolute Gasteiger partial charge is 0.238 e. The van der Waals surface area contributed by atoms with Crippen molar-refractivity contribution in [1.29, 1.82) is 0 Å². The molecule has 1 aliphatic rings. The summed E-state index contributed by atoms with van der Waals surface area (Å²) in [5.41, 5.74) is 8.32. The third-order valence-corrected chi connectivity index (χ3v) is 3.66. The highest BCUT2D eigenvalue weighted by atomic mass is 16.2. The molecule has 1 fully saturated rings.